The van der Waals surface area contributed by atoms with Crippen LogP contribution < -0.4 is 0 Å². The number of hydrogen-bond donors (Lipinski definition) is 0. The molecule has 1 spiro atoms. The largest absolute Gasteiger partial charge is 0.378 e. The Morgan fingerprint density at radius 1 is 1.00 bits per heavy atom. The van der Waals surface area contributed by atoms with E-state index in [1.165, 1.54) is 19.3 Å². The molecule has 0 N–H and O–H groups in total. The van der Waals surface area contributed by atoms with Crippen molar-refractivity contribution in [3.05, 3.63) is 0 Å². The summed E-state index contributed by atoms with van der Waals surface area (Å²) >= 11 is 0. The molecule has 3 aliphatic rings. The molecule has 1 aliphatic heterocycles. The maximum absolute atomic E-state index is 5.98. The first kappa shape index (κ1) is 11.0. The summed E-state index contributed by atoms with van der Waals surface area (Å²) in [4.78, 5) is 0. The molecule has 0 bridgehead atoms. The van der Waals surface area contributed by atoms with Crippen LogP contribution in [0.3, 0.4) is 0 Å². The van der Waals surface area contributed by atoms with Gasteiger partial charge in [0.05, 0.1) is 19.3 Å². The first-order valence-electron chi connectivity index (χ1n) is 6.76. The molecule has 0 aromatic rings. The molecule has 2 saturated carbocycles. The van der Waals surface area contributed by atoms with Crippen molar-refractivity contribution >= 4 is 0 Å². The highest BCUT2D eigenvalue weighted by atomic mass is 16.7. The molecule has 3 heteroatoms. The summed E-state index contributed by atoms with van der Waals surface area (Å²) < 4.78 is 17.4. The topological polar surface area (TPSA) is 27.7 Å². The van der Waals surface area contributed by atoms with E-state index in [1.54, 1.807) is 0 Å². The van der Waals surface area contributed by atoms with Crippen molar-refractivity contribution in [1.82, 2.24) is 0 Å². The van der Waals surface area contributed by atoms with Crippen molar-refractivity contribution in [3.63, 3.8) is 0 Å². The zero-order chi connectivity index (χ0) is 10.8. The van der Waals surface area contributed by atoms with Crippen LogP contribution in [0, 0.1) is 5.92 Å². The minimum atomic E-state index is -0.226. The molecule has 0 radical (unpaired) electrons. The van der Waals surface area contributed by atoms with E-state index in [-0.39, 0.29) is 5.79 Å². The van der Waals surface area contributed by atoms with E-state index in [0.29, 0.717) is 6.10 Å². The van der Waals surface area contributed by atoms with Crippen LogP contribution in [0.4, 0.5) is 0 Å². The van der Waals surface area contributed by atoms with Crippen LogP contribution in [0.2, 0.25) is 0 Å². The lowest BCUT2D eigenvalue weighted by atomic mass is 9.86. The van der Waals surface area contributed by atoms with E-state index in [0.717, 1.165) is 51.4 Å². The van der Waals surface area contributed by atoms with Gasteiger partial charge in [-0.05, 0) is 31.6 Å². The number of hydrogen-bond acceptors (Lipinski definition) is 3. The van der Waals surface area contributed by atoms with Crippen LogP contribution in [-0.4, -0.2) is 31.7 Å². The van der Waals surface area contributed by atoms with Crippen molar-refractivity contribution in [2.75, 3.05) is 19.8 Å². The molecule has 92 valence electrons. The second-order valence-electron chi connectivity index (χ2n) is 5.44. The van der Waals surface area contributed by atoms with E-state index in [1.807, 2.05) is 0 Å². The first-order valence-corrected chi connectivity index (χ1v) is 6.76. The molecule has 0 amide bonds. The summed E-state index contributed by atoms with van der Waals surface area (Å²) in [5.41, 5.74) is 0. The van der Waals surface area contributed by atoms with E-state index < -0.39 is 0 Å². The molecule has 1 saturated heterocycles. The van der Waals surface area contributed by atoms with Gasteiger partial charge >= 0.3 is 0 Å². The Hall–Kier alpha value is -0.120. The van der Waals surface area contributed by atoms with Gasteiger partial charge in [-0.25, -0.2) is 0 Å². The first-order chi connectivity index (χ1) is 7.86. The molecular formula is C13H22O3. The van der Waals surface area contributed by atoms with Gasteiger partial charge in [0.25, 0.3) is 0 Å². The summed E-state index contributed by atoms with van der Waals surface area (Å²) in [6.45, 7) is 2.53. The van der Waals surface area contributed by atoms with Gasteiger partial charge in [0.15, 0.2) is 5.79 Å². The Bertz CT molecular complexity index is 221. The van der Waals surface area contributed by atoms with Gasteiger partial charge in [0.1, 0.15) is 0 Å². The fraction of sp³-hybridized carbons (Fsp3) is 1.00. The van der Waals surface area contributed by atoms with Gasteiger partial charge < -0.3 is 14.2 Å². The molecule has 3 fully saturated rings. The van der Waals surface area contributed by atoms with Gasteiger partial charge in [-0.15, -0.1) is 0 Å². The molecule has 2 aliphatic carbocycles. The minimum absolute atomic E-state index is 0.226. The van der Waals surface area contributed by atoms with Gasteiger partial charge in [-0.2, -0.15) is 0 Å². The van der Waals surface area contributed by atoms with Crippen LogP contribution in [0.5, 0.6) is 0 Å². The third-order valence-corrected chi connectivity index (χ3v) is 4.30. The van der Waals surface area contributed by atoms with Crippen LogP contribution >= 0.6 is 0 Å². The molecule has 3 nitrogen and oxygen atoms in total. The average molecular weight is 226 g/mol. The summed E-state index contributed by atoms with van der Waals surface area (Å²) in [5, 5.41) is 0. The smallest absolute Gasteiger partial charge is 0.168 e. The zero-order valence-corrected chi connectivity index (χ0v) is 9.95. The lowest BCUT2D eigenvalue weighted by molar-refractivity contribution is -0.193. The highest BCUT2D eigenvalue weighted by Gasteiger charge is 2.40. The molecule has 3 rings (SSSR count). The molecule has 16 heavy (non-hydrogen) atoms. The average Bonchev–Trinajstić information content (AvgIpc) is 2.68. The Kier molecular flexibility index (Phi) is 3.18. The highest BCUT2D eigenvalue weighted by molar-refractivity contribution is 4.83. The Balaban J connectivity index is 1.39. The number of rotatable bonds is 3. The lowest BCUT2D eigenvalue weighted by Gasteiger charge is -2.36. The van der Waals surface area contributed by atoms with Crippen LogP contribution in [0.1, 0.15) is 44.9 Å². The third kappa shape index (κ3) is 2.27. The Morgan fingerprint density at radius 2 is 1.69 bits per heavy atom. The monoisotopic (exact) mass is 226 g/mol. The van der Waals surface area contributed by atoms with Crippen LogP contribution in [0.25, 0.3) is 0 Å². The maximum atomic E-state index is 5.98. The Labute approximate surface area is 97.4 Å². The van der Waals surface area contributed by atoms with Gasteiger partial charge in [-0.1, -0.05) is 6.42 Å². The van der Waals surface area contributed by atoms with E-state index in [2.05, 4.69) is 0 Å². The van der Waals surface area contributed by atoms with E-state index >= 15 is 0 Å². The summed E-state index contributed by atoms with van der Waals surface area (Å²) in [5.74, 6) is 0.630. The number of ether oxygens (including phenoxy) is 3. The van der Waals surface area contributed by atoms with E-state index in [9.17, 15) is 0 Å². The quantitative estimate of drug-likeness (QED) is 0.740. The molecule has 0 aromatic carbocycles. The summed E-state index contributed by atoms with van der Waals surface area (Å²) in [6, 6.07) is 0. The van der Waals surface area contributed by atoms with Crippen LogP contribution in [0.15, 0.2) is 0 Å². The summed E-state index contributed by atoms with van der Waals surface area (Å²) in [7, 11) is 0. The van der Waals surface area contributed by atoms with E-state index in [4.69, 9.17) is 14.2 Å². The second kappa shape index (κ2) is 4.63. The molecule has 0 atom stereocenters. The minimum Gasteiger partial charge on any atom is -0.378 e. The van der Waals surface area contributed by atoms with Crippen molar-refractivity contribution in [2.45, 2.75) is 56.8 Å². The van der Waals surface area contributed by atoms with Gasteiger partial charge in [-0.3, -0.25) is 0 Å². The zero-order valence-electron chi connectivity index (χ0n) is 9.95. The van der Waals surface area contributed by atoms with Crippen LogP contribution in [-0.2, 0) is 14.2 Å². The Morgan fingerprint density at radius 3 is 2.25 bits per heavy atom. The molecule has 0 unspecified atom stereocenters. The van der Waals surface area contributed by atoms with Crippen molar-refractivity contribution in [1.29, 1.82) is 0 Å². The van der Waals surface area contributed by atoms with Crippen molar-refractivity contribution in [2.24, 2.45) is 5.92 Å². The van der Waals surface area contributed by atoms with Gasteiger partial charge in [0.2, 0.25) is 0 Å². The second-order valence-corrected chi connectivity index (χ2v) is 5.44. The maximum Gasteiger partial charge on any atom is 0.168 e. The fourth-order valence-corrected chi connectivity index (χ4v) is 2.92. The van der Waals surface area contributed by atoms with Crippen molar-refractivity contribution < 1.29 is 14.2 Å². The SMILES string of the molecule is C1CC(COC2CCC3(CC2)OCCO3)C1. The summed E-state index contributed by atoms with van der Waals surface area (Å²) in [6.07, 6.45) is 8.86. The van der Waals surface area contributed by atoms with Crippen molar-refractivity contribution in [3.8, 4) is 0 Å². The standard InChI is InChI=1S/C13H22O3/c1-2-11(3-1)10-14-12-4-6-13(7-5-12)15-8-9-16-13/h11-12H,1-10H2. The lowest BCUT2D eigenvalue weighted by Crippen LogP contribution is -2.38. The predicted octanol–water partition coefficient (Wildman–Crippen LogP) is 2.49. The fourth-order valence-electron chi connectivity index (χ4n) is 2.92. The molecule has 1 heterocycles. The highest BCUT2D eigenvalue weighted by Crippen LogP contribution is 2.37. The van der Waals surface area contributed by atoms with Gasteiger partial charge in [0, 0.05) is 19.4 Å². The molecule has 0 aromatic heterocycles. The molecular weight excluding hydrogens is 204 g/mol. The third-order valence-electron chi connectivity index (χ3n) is 4.30. The predicted molar refractivity (Wildman–Crippen MR) is 60.2 cm³/mol. The normalized spacial score (nSPS) is 30.8.